The Bertz CT molecular complexity index is 1160. The number of aromatic nitrogens is 2. The Kier molecular flexibility index (Phi) is 6.36. The Labute approximate surface area is 192 Å². The lowest BCUT2D eigenvalue weighted by molar-refractivity contribution is 0.101. The van der Waals surface area contributed by atoms with Crippen LogP contribution in [0.15, 0.2) is 42.7 Å². The zero-order valence-corrected chi connectivity index (χ0v) is 19.1. The topological polar surface area (TPSA) is 79.8 Å². The van der Waals surface area contributed by atoms with Crippen molar-refractivity contribution in [2.45, 2.75) is 6.92 Å². The second-order valence-electron chi connectivity index (χ2n) is 7.46. The second kappa shape index (κ2) is 9.35. The summed E-state index contributed by atoms with van der Waals surface area (Å²) in [7, 11) is 3.23. The summed E-state index contributed by atoms with van der Waals surface area (Å²) in [6.45, 7) is 4.57. The highest BCUT2D eigenvalue weighted by Gasteiger charge is 2.22. The van der Waals surface area contributed by atoms with Crippen LogP contribution in [-0.4, -0.2) is 66.2 Å². The normalized spacial score (nSPS) is 13.7. The molecule has 0 unspecified atom stereocenters. The number of carbonyl (C=O) groups is 1. The average Bonchev–Trinajstić information content (AvgIpc) is 2.83. The first-order valence-corrected chi connectivity index (χ1v) is 10.7. The Morgan fingerprint density at radius 2 is 1.75 bits per heavy atom. The highest BCUT2D eigenvalue weighted by atomic mass is 32.1. The third kappa shape index (κ3) is 4.43. The molecule has 8 nitrogen and oxygen atoms in total. The molecule has 0 saturated carbocycles. The van der Waals surface area contributed by atoms with Gasteiger partial charge in [0.2, 0.25) is 0 Å². The second-order valence-corrected chi connectivity index (χ2v) is 7.85. The number of nitrogens with one attached hydrogen (secondary N) is 1. The summed E-state index contributed by atoms with van der Waals surface area (Å²) in [4.78, 5) is 24.9. The molecule has 1 aromatic heterocycles. The van der Waals surface area contributed by atoms with Gasteiger partial charge in [-0.05, 0) is 37.3 Å². The van der Waals surface area contributed by atoms with E-state index in [0.717, 1.165) is 48.6 Å². The number of nitrogens with zero attached hydrogens (tertiary/aromatic N) is 4. The van der Waals surface area contributed by atoms with Gasteiger partial charge in [-0.2, -0.15) is 0 Å². The largest absolute Gasteiger partial charge is 0.493 e. The first-order chi connectivity index (χ1) is 15.5. The fourth-order valence-electron chi connectivity index (χ4n) is 3.76. The molecule has 9 heteroatoms. The molecule has 0 spiro atoms. The monoisotopic (exact) mass is 451 g/mol. The number of fused-ring (bicyclic) bond motifs is 1. The standard InChI is InChI=1S/C23H25N5O3S/c1-15(29)16-5-4-6-17(11-16)26-23(32)28-9-7-27(8-10-28)22-18-12-20(30-2)21(31-3)13-19(18)24-14-25-22/h4-6,11-14H,7-10H2,1-3H3,(H,26,32). The number of Topliss-reactive ketones (excluding diaryl/α,β-unsaturated/α-hetero) is 1. The summed E-state index contributed by atoms with van der Waals surface area (Å²) in [6, 6.07) is 11.2. The zero-order valence-electron chi connectivity index (χ0n) is 18.3. The molecule has 1 saturated heterocycles. The van der Waals surface area contributed by atoms with Crippen molar-refractivity contribution in [3.8, 4) is 11.5 Å². The number of methoxy groups -OCH3 is 2. The van der Waals surface area contributed by atoms with E-state index in [1.54, 1.807) is 33.5 Å². The maximum absolute atomic E-state index is 11.6. The van der Waals surface area contributed by atoms with E-state index in [-0.39, 0.29) is 5.78 Å². The van der Waals surface area contributed by atoms with Gasteiger partial charge in [0.05, 0.1) is 19.7 Å². The number of anilines is 2. The number of rotatable bonds is 5. The number of benzene rings is 2. The molecule has 166 valence electrons. The van der Waals surface area contributed by atoms with Crippen LogP contribution in [0.1, 0.15) is 17.3 Å². The van der Waals surface area contributed by atoms with E-state index in [4.69, 9.17) is 21.7 Å². The van der Waals surface area contributed by atoms with E-state index < -0.39 is 0 Å². The lowest BCUT2D eigenvalue weighted by Crippen LogP contribution is -2.50. The van der Waals surface area contributed by atoms with Gasteiger partial charge in [0.25, 0.3) is 0 Å². The van der Waals surface area contributed by atoms with Crippen LogP contribution >= 0.6 is 12.2 Å². The highest BCUT2D eigenvalue weighted by Crippen LogP contribution is 2.34. The van der Waals surface area contributed by atoms with Crippen molar-refractivity contribution in [3.63, 3.8) is 0 Å². The van der Waals surface area contributed by atoms with Gasteiger partial charge in [0.1, 0.15) is 12.1 Å². The summed E-state index contributed by atoms with van der Waals surface area (Å²) in [5.41, 5.74) is 2.27. The molecule has 0 amide bonds. The predicted molar refractivity (Wildman–Crippen MR) is 129 cm³/mol. The summed E-state index contributed by atoms with van der Waals surface area (Å²) < 4.78 is 10.9. The fraction of sp³-hybridized carbons (Fsp3) is 0.304. The number of piperazine rings is 1. The number of hydrogen-bond acceptors (Lipinski definition) is 7. The van der Waals surface area contributed by atoms with Gasteiger partial charge in [-0.1, -0.05) is 12.1 Å². The molecular weight excluding hydrogens is 426 g/mol. The van der Waals surface area contributed by atoms with Crippen molar-refractivity contribution < 1.29 is 14.3 Å². The third-order valence-electron chi connectivity index (χ3n) is 5.51. The lowest BCUT2D eigenvalue weighted by Gasteiger charge is -2.37. The number of hydrogen-bond donors (Lipinski definition) is 1. The van der Waals surface area contributed by atoms with Crippen LogP contribution in [0.5, 0.6) is 11.5 Å². The van der Waals surface area contributed by atoms with Gasteiger partial charge in [-0.3, -0.25) is 4.79 Å². The summed E-state index contributed by atoms with van der Waals surface area (Å²) in [5, 5.41) is 4.81. The van der Waals surface area contributed by atoms with Gasteiger partial charge in [0.15, 0.2) is 22.4 Å². The minimum atomic E-state index is 0.0273. The van der Waals surface area contributed by atoms with Crippen molar-refractivity contribution in [1.29, 1.82) is 0 Å². The van der Waals surface area contributed by atoms with E-state index in [1.165, 1.54) is 0 Å². The molecule has 2 aromatic carbocycles. The van der Waals surface area contributed by atoms with Gasteiger partial charge in [-0.25, -0.2) is 9.97 Å². The highest BCUT2D eigenvalue weighted by molar-refractivity contribution is 7.80. The van der Waals surface area contributed by atoms with Gasteiger partial charge in [-0.15, -0.1) is 0 Å². The molecule has 0 radical (unpaired) electrons. The lowest BCUT2D eigenvalue weighted by atomic mass is 10.1. The number of thiocarbonyl (C=S) groups is 1. The van der Waals surface area contributed by atoms with Crippen LogP contribution in [0.2, 0.25) is 0 Å². The van der Waals surface area contributed by atoms with Crippen molar-refractivity contribution in [2.24, 2.45) is 0 Å². The molecule has 0 bridgehead atoms. The van der Waals surface area contributed by atoms with Crippen LogP contribution in [0.4, 0.5) is 11.5 Å². The first kappa shape index (κ1) is 21.8. The smallest absolute Gasteiger partial charge is 0.173 e. The van der Waals surface area contributed by atoms with Crippen LogP contribution in [0.25, 0.3) is 10.9 Å². The van der Waals surface area contributed by atoms with Crippen LogP contribution in [0.3, 0.4) is 0 Å². The maximum atomic E-state index is 11.6. The Hall–Kier alpha value is -3.46. The van der Waals surface area contributed by atoms with Crippen LogP contribution in [-0.2, 0) is 0 Å². The molecule has 1 aliphatic rings. The number of ether oxygens (including phenoxy) is 2. The molecule has 1 fully saturated rings. The van der Waals surface area contributed by atoms with Crippen molar-refractivity contribution in [1.82, 2.24) is 14.9 Å². The summed E-state index contributed by atoms with van der Waals surface area (Å²) in [5.74, 6) is 2.18. The van der Waals surface area contributed by atoms with Gasteiger partial charge >= 0.3 is 0 Å². The summed E-state index contributed by atoms with van der Waals surface area (Å²) in [6.07, 6.45) is 1.57. The van der Waals surface area contributed by atoms with Gasteiger partial charge < -0.3 is 24.6 Å². The van der Waals surface area contributed by atoms with E-state index in [9.17, 15) is 4.79 Å². The average molecular weight is 452 g/mol. The molecule has 3 aromatic rings. The number of carbonyl (C=O) groups excluding carboxylic acids is 1. The summed E-state index contributed by atoms with van der Waals surface area (Å²) >= 11 is 5.61. The van der Waals surface area contributed by atoms with Crippen molar-refractivity contribution >= 4 is 45.5 Å². The van der Waals surface area contributed by atoms with E-state index >= 15 is 0 Å². The van der Waals surface area contributed by atoms with E-state index in [0.29, 0.717) is 22.2 Å². The van der Waals surface area contributed by atoms with Crippen molar-refractivity contribution in [3.05, 3.63) is 48.3 Å². The molecular formula is C23H25N5O3S. The molecule has 0 atom stereocenters. The first-order valence-electron chi connectivity index (χ1n) is 10.3. The Morgan fingerprint density at radius 3 is 2.44 bits per heavy atom. The SMILES string of the molecule is COc1cc2ncnc(N3CCN(C(=S)Nc4cccc(C(C)=O)c4)CC3)c2cc1OC. The molecule has 32 heavy (non-hydrogen) atoms. The van der Waals surface area contributed by atoms with Crippen molar-refractivity contribution in [2.75, 3.05) is 50.6 Å². The van der Waals surface area contributed by atoms with Crippen LogP contribution < -0.4 is 19.7 Å². The zero-order chi connectivity index (χ0) is 22.7. The minimum Gasteiger partial charge on any atom is -0.493 e. The van der Waals surface area contributed by atoms with E-state index in [1.807, 2.05) is 30.3 Å². The fourth-order valence-corrected chi connectivity index (χ4v) is 4.06. The molecule has 0 aliphatic carbocycles. The van der Waals surface area contributed by atoms with Gasteiger partial charge in [0, 0.05) is 48.9 Å². The molecule has 1 aliphatic heterocycles. The quantitative estimate of drug-likeness (QED) is 0.464. The Balaban J connectivity index is 1.47. The molecule has 1 N–H and O–H groups in total. The molecule has 4 rings (SSSR count). The Morgan fingerprint density at radius 1 is 1.03 bits per heavy atom. The maximum Gasteiger partial charge on any atom is 0.173 e. The third-order valence-corrected chi connectivity index (χ3v) is 5.87. The predicted octanol–water partition coefficient (Wildman–Crippen LogP) is 3.37. The van der Waals surface area contributed by atoms with E-state index in [2.05, 4.69) is 25.1 Å². The minimum absolute atomic E-state index is 0.0273. The number of ketones is 1. The van der Waals surface area contributed by atoms with Crippen LogP contribution in [0, 0.1) is 0 Å². The molecule has 2 heterocycles.